The third-order valence-electron chi connectivity index (χ3n) is 3.43. The van der Waals surface area contributed by atoms with Gasteiger partial charge in [-0.2, -0.15) is 0 Å². The van der Waals surface area contributed by atoms with Crippen molar-refractivity contribution in [3.8, 4) is 5.75 Å². The maximum atomic E-state index is 9.76. The third kappa shape index (κ3) is 2.94. The van der Waals surface area contributed by atoms with Crippen LogP contribution in [0.3, 0.4) is 0 Å². The Hall–Kier alpha value is -1.26. The molecule has 1 heterocycles. The number of phenolic OH excluding ortho intramolecular Hbond substituents is 1. The average molecular weight is 251 g/mol. The van der Waals surface area contributed by atoms with E-state index in [2.05, 4.69) is 4.90 Å². The van der Waals surface area contributed by atoms with Gasteiger partial charge in [0.2, 0.25) is 0 Å². The average Bonchev–Trinajstić information content (AvgIpc) is 2.77. The van der Waals surface area contributed by atoms with E-state index in [0.29, 0.717) is 19.1 Å². The second-order valence-electron chi connectivity index (χ2n) is 4.78. The summed E-state index contributed by atoms with van der Waals surface area (Å²) in [6.07, 6.45) is 2.85. The number of benzene rings is 1. The van der Waals surface area contributed by atoms with Crippen LogP contribution in [0, 0.1) is 0 Å². The first-order valence-electron chi connectivity index (χ1n) is 6.44. The minimum Gasteiger partial charge on any atom is -0.508 e. The van der Waals surface area contributed by atoms with Crippen LogP contribution in [0.15, 0.2) is 18.2 Å². The van der Waals surface area contributed by atoms with E-state index in [4.69, 9.17) is 9.84 Å². The minimum absolute atomic E-state index is 0.102. The van der Waals surface area contributed by atoms with Crippen LogP contribution in [0.2, 0.25) is 0 Å². The largest absolute Gasteiger partial charge is 0.508 e. The van der Waals surface area contributed by atoms with Crippen LogP contribution < -0.4 is 4.90 Å². The van der Waals surface area contributed by atoms with Crippen LogP contribution in [0.1, 0.15) is 18.4 Å². The highest BCUT2D eigenvalue weighted by atomic mass is 16.5. The molecule has 0 aliphatic carbocycles. The smallest absolute Gasteiger partial charge is 0.117 e. The molecule has 2 rings (SSSR count). The van der Waals surface area contributed by atoms with Gasteiger partial charge in [0.25, 0.3) is 0 Å². The van der Waals surface area contributed by atoms with Gasteiger partial charge in [-0.1, -0.05) is 0 Å². The fraction of sp³-hybridized carbons (Fsp3) is 0.571. The number of hydrogen-bond acceptors (Lipinski definition) is 4. The summed E-state index contributed by atoms with van der Waals surface area (Å²) in [5.74, 6) is 0.263. The second kappa shape index (κ2) is 6.07. The highest BCUT2D eigenvalue weighted by Gasteiger charge is 2.25. The number of methoxy groups -OCH3 is 1. The van der Waals surface area contributed by atoms with E-state index in [-0.39, 0.29) is 12.4 Å². The lowest BCUT2D eigenvalue weighted by Crippen LogP contribution is -2.32. The molecule has 1 saturated heterocycles. The van der Waals surface area contributed by atoms with Gasteiger partial charge in [0.15, 0.2) is 0 Å². The van der Waals surface area contributed by atoms with Crippen molar-refractivity contribution >= 4 is 5.69 Å². The molecule has 0 saturated carbocycles. The number of aromatic hydroxyl groups is 1. The zero-order valence-corrected chi connectivity index (χ0v) is 10.8. The Labute approximate surface area is 108 Å². The first kappa shape index (κ1) is 13.2. The number of phenols is 1. The van der Waals surface area contributed by atoms with Crippen LogP contribution >= 0.6 is 0 Å². The fourth-order valence-electron chi connectivity index (χ4n) is 2.64. The minimum atomic E-state index is 0.102. The van der Waals surface area contributed by atoms with Crippen LogP contribution in [0.25, 0.3) is 0 Å². The lowest BCUT2D eigenvalue weighted by Gasteiger charge is -2.27. The molecule has 1 aliphatic heterocycles. The second-order valence-corrected chi connectivity index (χ2v) is 4.78. The lowest BCUT2D eigenvalue weighted by atomic mass is 10.1. The number of aliphatic hydroxyl groups is 1. The van der Waals surface area contributed by atoms with E-state index >= 15 is 0 Å². The van der Waals surface area contributed by atoms with E-state index in [1.807, 2.05) is 6.07 Å². The summed E-state index contributed by atoms with van der Waals surface area (Å²) in [5.41, 5.74) is 1.99. The van der Waals surface area contributed by atoms with Crippen molar-refractivity contribution in [2.75, 3.05) is 31.8 Å². The van der Waals surface area contributed by atoms with E-state index in [9.17, 15) is 5.11 Å². The molecule has 1 atom stereocenters. The van der Waals surface area contributed by atoms with Crippen LogP contribution in [-0.2, 0) is 11.2 Å². The number of rotatable bonds is 5. The van der Waals surface area contributed by atoms with E-state index in [1.54, 1.807) is 19.2 Å². The first-order chi connectivity index (χ1) is 8.74. The summed E-state index contributed by atoms with van der Waals surface area (Å²) in [6, 6.07) is 5.93. The quantitative estimate of drug-likeness (QED) is 0.833. The molecule has 1 aromatic carbocycles. The first-order valence-corrected chi connectivity index (χ1v) is 6.44. The molecule has 2 N–H and O–H groups in total. The molecule has 0 radical (unpaired) electrons. The summed E-state index contributed by atoms with van der Waals surface area (Å²) >= 11 is 0. The van der Waals surface area contributed by atoms with Crippen molar-refractivity contribution < 1.29 is 14.9 Å². The fourth-order valence-corrected chi connectivity index (χ4v) is 2.64. The Bertz CT molecular complexity index is 395. The summed E-state index contributed by atoms with van der Waals surface area (Å²) in [4.78, 5) is 2.28. The third-order valence-corrected chi connectivity index (χ3v) is 3.43. The van der Waals surface area contributed by atoms with Gasteiger partial charge in [-0.05, 0) is 37.0 Å². The van der Waals surface area contributed by atoms with E-state index in [0.717, 1.165) is 30.6 Å². The Morgan fingerprint density at radius 1 is 1.39 bits per heavy atom. The van der Waals surface area contributed by atoms with Crippen LogP contribution in [-0.4, -0.2) is 43.1 Å². The van der Waals surface area contributed by atoms with Crippen molar-refractivity contribution in [3.63, 3.8) is 0 Å². The highest BCUT2D eigenvalue weighted by Crippen LogP contribution is 2.29. The van der Waals surface area contributed by atoms with Gasteiger partial charge in [0, 0.05) is 32.0 Å². The maximum Gasteiger partial charge on any atom is 0.117 e. The highest BCUT2D eigenvalue weighted by molar-refractivity contribution is 5.54. The Kier molecular flexibility index (Phi) is 4.44. The molecule has 1 fully saturated rings. The Morgan fingerprint density at radius 3 is 2.94 bits per heavy atom. The van der Waals surface area contributed by atoms with Gasteiger partial charge in [-0.3, -0.25) is 0 Å². The van der Waals surface area contributed by atoms with Crippen molar-refractivity contribution in [1.29, 1.82) is 0 Å². The zero-order valence-electron chi connectivity index (χ0n) is 10.8. The van der Waals surface area contributed by atoms with Crippen molar-refractivity contribution in [1.82, 2.24) is 0 Å². The monoisotopic (exact) mass is 251 g/mol. The van der Waals surface area contributed by atoms with Gasteiger partial charge in [0.05, 0.1) is 12.6 Å². The van der Waals surface area contributed by atoms with Crippen molar-refractivity contribution in [3.05, 3.63) is 23.8 Å². The predicted molar refractivity (Wildman–Crippen MR) is 71.1 cm³/mol. The molecule has 0 aromatic heterocycles. The SMILES string of the molecule is COCC1CCCN1c1cc(O)cc(CCO)c1. The standard InChI is InChI=1S/C14H21NO3/c1-18-10-12-3-2-5-15(12)13-7-11(4-6-16)8-14(17)9-13/h7-9,12,16-17H,2-6,10H2,1H3. The number of ether oxygens (including phenoxy) is 1. The topological polar surface area (TPSA) is 52.9 Å². The number of hydrogen-bond donors (Lipinski definition) is 2. The summed E-state index contributed by atoms with van der Waals surface area (Å²) in [6.45, 7) is 1.81. The molecule has 4 nitrogen and oxygen atoms in total. The van der Waals surface area contributed by atoms with Crippen molar-refractivity contribution in [2.24, 2.45) is 0 Å². The molecule has 1 aliphatic rings. The Balaban J connectivity index is 2.20. The number of anilines is 1. The molecule has 1 aromatic rings. The summed E-state index contributed by atoms with van der Waals surface area (Å²) in [5, 5.41) is 18.7. The lowest BCUT2D eigenvalue weighted by molar-refractivity contribution is 0.181. The normalized spacial score (nSPS) is 19.4. The molecule has 4 heteroatoms. The molecule has 100 valence electrons. The van der Waals surface area contributed by atoms with Gasteiger partial charge in [0.1, 0.15) is 5.75 Å². The molecular weight excluding hydrogens is 230 g/mol. The van der Waals surface area contributed by atoms with Crippen LogP contribution in [0.4, 0.5) is 5.69 Å². The molecule has 18 heavy (non-hydrogen) atoms. The summed E-state index contributed by atoms with van der Waals surface area (Å²) < 4.78 is 5.24. The van der Waals surface area contributed by atoms with Crippen molar-refractivity contribution in [2.45, 2.75) is 25.3 Å². The molecule has 1 unspecified atom stereocenters. The van der Waals surface area contributed by atoms with Crippen LogP contribution in [0.5, 0.6) is 5.75 Å². The molecule has 0 spiro atoms. The maximum absolute atomic E-state index is 9.76. The number of nitrogens with zero attached hydrogens (tertiary/aromatic N) is 1. The van der Waals surface area contributed by atoms with Gasteiger partial charge >= 0.3 is 0 Å². The van der Waals surface area contributed by atoms with Gasteiger partial charge in [-0.15, -0.1) is 0 Å². The van der Waals surface area contributed by atoms with E-state index < -0.39 is 0 Å². The van der Waals surface area contributed by atoms with Gasteiger partial charge < -0.3 is 19.8 Å². The Morgan fingerprint density at radius 2 is 2.22 bits per heavy atom. The summed E-state index contributed by atoms with van der Waals surface area (Å²) in [7, 11) is 1.72. The number of aliphatic hydroxyl groups excluding tert-OH is 1. The van der Waals surface area contributed by atoms with E-state index in [1.165, 1.54) is 0 Å². The molecule has 0 amide bonds. The molecule has 0 bridgehead atoms. The predicted octanol–water partition coefficient (Wildman–Crippen LogP) is 1.54. The molecular formula is C14H21NO3. The zero-order chi connectivity index (χ0) is 13.0. The van der Waals surface area contributed by atoms with Gasteiger partial charge in [-0.25, -0.2) is 0 Å².